The molecule has 204 valence electrons. The van der Waals surface area contributed by atoms with Gasteiger partial charge in [-0.25, -0.2) is 4.98 Å². The molecule has 39 heavy (non-hydrogen) atoms. The minimum Gasteiger partial charge on any atom is -0.348 e. The summed E-state index contributed by atoms with van der Waals surface area (Å²) >= 11 is 3.32. The summed E-state index contributed by atoms with van der Waals surface area (Å²) in [5.74, 6) is 0.121. The van der Waals surface area contributed by atoms with Crippen LogP contribution in [0.2, 0.25) is 0 Å². The second-order valence-electron chi connectivity index (χ2n) is 9.98. The molecule has 1 fully saturated rings. The Hall–Kier alpha value is -3.34. The largest absolute Gasteiger partial charge is 0.348 e. The van der Waals surface area contributed by atoms with Crippen LogP contribution in [0.5, 0.6) is 0 Å². The monoisotopic (exact) mass is 562 g/mol. The van der Waals surface area contributed by atoms with Crippen molar-refractivity contribution < 1.29 is 9.59 Å². The van der Waals surface area contributed by atoms with E-state index in [2.05, 4.69) is 50.3 Å². The molecule has 1 saturated heterocycles. The van der Waals surface area contributed by atoms with Crippen molar-refractivity contribution in [3.63, 3.8) is 0 Å². The molecule has 0 bridgehead atoms. The van der Waals surface area contributed by atoms with Crippen molar-refractivity contribution in [2.24, 2.45) is 0 Å². The van der Waals surface area contributed by atoms with E-state index in [1.165, 1.54) is 4.88 Å². The first kappa shape index (κ1) is 27.2. The van der Waals surface area contributed by atoms with Crippen molar-refractivity contribution in [3.05, 3.63) is 69.1 Å². The maximum atomic E-state index is 13.8. The molecular weight excluding hydrogens is 528 g/mol. The van der Waals surface area contributed by atoms with Crippen molar-refractivity contribution in [2.45, 2.75) is 26.8 Å². The van der Waals surface area contributed by atoms with Crippen molar-refractivity contribution in [3.8, 4) is 22.0 Å². The van der Waals surface area contributed by atoms with Crippen LogP contribution in [0.1, 0.15) is 33.5 Å². The van der Waals surface area contributed by atoms with E-state index >= 15 is 0 Å². The average molecular weight is 563 g/mol. The van der Waals surface area contributed by atoms with Gasteiger partial charge in [0.1, 0.15) is 5.01 Å². The Morgan fingerprint density at radius 3 is 2.56 bits per heavy atom. The normalized spacial score (nSPS) is 14.1. The van der Waals surface area contributed by atoms with Gasteiger partial charge in [0.2, 0.25) is 5.91 Å². The Balaban J connectivity index is 1.41. The SMILES string of the molecule is CCc1cc(-c2nc(-c3cc(C(=O)N4CCN(CC(=O)N(C)C)CC4)c(C)n3Cc3cccs3)cs2)ccn1. The van der Waals surface area contributed by atoms with Gasteiger partial charge in [0.25, 0.3) is 5.91 Å². The van der Waals surface area contributed by atoms with E-state index in [9.17, 15) is 9.59 Å². The molecule has 1 aliphatic heterocycles. The van der Waals surface area contributed by atoms with Crippen molar-refractivity contribution in [1.29, 1.82) is 0 Å². The summed E-state index contributed by atoms with van der Waals surface area (Å²) in [6, 6.07) is 10.3. The number of carbonyl (C=O) groups excluding carboxylic acids is 2. The first-order chi connectivity index (χ1) is 18.8. The molecular formula is C29H34N6O2S2. The Morgan fingerprint density at radius 1 is 1.08 bits per heavy atom. The molecule has 5 rings (SSSR count). The predicted molar refractivity (Wildman–Crippen MR) is 157 cm³/mol. The first-order valence-electron chi connectivity index (χ1n) is 13.2. The number of thiophene rings is 1. The predicted octanol–water partition coefficient (Wildman–Crippen LogP) is 4.50. The molecule has 2 amide bonds. The number of amides is 2. The van der Waals surface area contributed by atoms with Crippen LogP contribution in [0, 0.1) is 6.92 Å². The van der Waals surface area contributed by atoms with Crippen molar-refractivity contribution in [1.82, 2.24) is 29.2 Å². The third-order valence-electron chi connectivity index (χ3n) is 7.20. The van der Waals surface area contributed by atoms with Crippen molar-refractivity contribution in [2.75, 3.05) is 46.8 Å². The van der Waals surface area contributed by atoms with Crippen molar-refractivity contribution >= 4 is 34.5 Å². The summed E-state index contributed by atoms with van der Waals surface area (Å²) in [6.07, 6.45) is 2.71. The highest BCUT2D eigenvalue weighted by atomic mass is 32.1. The number of rotatable bonds is 8. The van der Waals surface area contributed by atoms with Gasteiger partial charge in [0.15, 0.2) is 0 Å². The maximum absolute atomic E-state index is 13.8. The quantitative estimate of drug-likeness (QED) is 0.316. The topological polar surface area (TPSA) is 74.6 Å². The number of carbonyl (C=O) groups is 2. The van der Waals surface area contributed by atoms with Crippen LogP contribution in [0.4, 0.5) is 0 Å². The van der Waals surface area contributed by atoms with Crippen LogP contribution in [0.15, 0.2) is 47.3 Å². The lowest BCUT2D eigenvalue weighted by molar-refractivity contribution is -0.130. The summed E-state index contributed by atoms with van der Waals surface area (Å²) in [5.41, 5.74) is 5.59. The summed E-state index contributed by atoms with van der Waals surface area (Å²) in [7, 11) is 3.54. The van der Waals surface area contributed by atoms with E-state index in [0.29, 0.717) is 44.8 Å². The number of thiazole rings is 1. The van der Waals surface area contributed by atoms with E-state index < -0.39 is 0 Å². The van der Waals surface area contributed by atoms with E-state index in [-0.39, 0.29) is 11.8 Å². The number of piperazine rings is 1. The Morgan fingerprint density at radius 2 is 1.87 bits per heavy atom. The van der Waals surface area contributed by atoms with Crippen LogP contribution in [0.25, 0.3) is 22.0 Å². The molecule has 5 heterocycles. The van der Waals surface area contributed by atoms with Gasteiger partial charge in [0.05, 0.1) is 30.0 Å². The molecule has 0 saturated carbocycles. The van der Waals surface area contributed by atoms with Gasteiger partial charge in [-0.15, -0.1) is 22.7 Å². The lowest BCUT2D eigenvalue weighted by Crippen LogP contribution is -2.51. The highest BCUT2D eigenvalue weighted by molar-refractivity contribution is 7.13. The van der Waals surface area contributed by atoms with E-state index in [1.54, 1.807) is 41.7 Å². The summed E-state index contributed by atoms with van der Waals surface area (Å²) in [5, 5.41) is 5.10. The fraction of sp³-hybridized carbons (Fsp3) is 0.379. The highest BCUT2D eigenvalue weighted by Gasteiger charge is 2.27. The fourth-order valence-corrected chi connectivity index (χ4v) is 6.28. The highest BCUT2D eigenvalue weighted by Crippen LogP contribution is 2.33. The maximum Gasteiger partial charge on any atom is 0.255 e. The summed E-state index contributed by atoms with van der Waals surface area (Å²) < 4.78 is 2.22. The van der Waals surface area contributed by atoms with Crippen LogP contribution >= 0.6 is 22.7 Å². The van der Waals surface area contributed by atoms with Gasteiger partial charge in [0, 0.05) is 73.7 Å². The molecule has 0 atom stereocenters. The van der Waals surface area contributed by atoms with Crippen LogP contribution < -0.4 is 0 Å². The van der Waals surface area contributed by atoms with E-state index in [1.807, 2.05) is 30.2 Å². The number of likely N-dealkylation sites (N-methyl/N-ethyl adjacent to an activating group) is 1. The van der Waals surface area contributed by atoms with Gasteiger partial charge in [-0.2, -0.15) is 0 Å². The number of hydrogen-bond donors (Lipinski definition) is 0. The van der Waals surface area contributed by atoms with Gasteiger partial charge in [-0.05, 0) is 43.0 Å². The van der Waals surface area contributed by atoms with Gasteiger partial charge < -0.3 is 14.4 Å². The lowest BCUT2D eigenvalue weighted by Gasteiger charge is -2.34. The summed E-state index contributed by atoms with van der Waals surface area (Å²) in [4.78, 5) is 42.2. The molecule has 8 nitrogen and oxygen atoms in total. The molecule has 0 radical (unpaired) electrons. The minimum absolute atomic E-state index is 0.0365. The third kappa shape index (κ3) is 5.98. The molecule has 1 aliphatic rings. The molecule has 10 heteroatoms. The smallest absolute Gasteiger partial charge is 0.255 e. The third-order valence-corrected chi connectivity index (χ3v) is 8.95. The van der Waals surface area contributed by atoms with Crippen LogP contribution in [-0.4, -0.2) is 87.9 Å². The fourth-order valence-electron chi connectivity index (χ4n) is 4.78. The zero-order valence-electron chi connectivity index (χ0n) is 22.9. The molecule has 4 aromatic heterocycles. The van der Waals surface area contributed by atoms with Crippen LogP contribution in [0.3, 0.4) is 0 Å². The second kappa shape index (κ2) is 11.8. The molecule has 0 N–H and O–H groups in total. The second-order valence-corrected chi connectivity index (χ2v) is 11.9. The van der Waals surface area contributed by atoms with E-state index in [4.69, 9.17) is 4.98 Å². The standard InChI is InChI=1S/C29H34N6O2S2/c1-5-22-15-21(8-9-30-22)28-31-25(19-39-28)26-16-24(20(2)35(26)17-23-7-6-14-38-23)29(37)34-12-10-33(11-13-34)18-27(36)32(3)4/h6-9,14-16,19H,5,10-13,17-18H2,1-4H3. The summed E-state index contributed by atoms with van der Waals surface area (Å²) in [6.45, 7) is 7.79. The zero-order valence-corrected chi connectivity index (χ0v) is 24.5. The Labute approximate surface area is 237 Å². The Kier molecular flexibility index (Phi) is 8.25. The molecule has 0 spiro atoms. The van der Waals surface area contributed by atoms with Crippen LogP contribution in [-0.2, 0) is 17.8 Å². The first-order valence-corrected chi connectivity index (χ1v) is 15.0. The number of aromatic nitrogens is 3. The molecule has 0 aromatic carbocycles. The number of aryl methyl sites for hydroxylation is 1. The lowest BCUT2D eigenvalue weighted by atomic mass is 10.2. The molecule has 0 unspecified atom stereocenters. The Bertz CT molecular complexity index is 1450. The van der Waals surface area contributed by atoms with E-state index in [0.717, 1.165) is 39.8 Å². The van der Waals surface area contributed by atoms with Gasteiger partial charge in [-0.3, -0.25) is 19.5 Å². The zero-order chi connectivity index (χ0) is 27.5. The molecule has 0 aliphatic carbocycles. The minimum atomic E-state index is 0.0365. The number of pyridine rings is 1. The van der Waals surface area contributed by atoms with Gasteiger partial charge in [-0.1, -0.05) is 13.0 Å². The van der Waals surface area contributed by atoms with Gasteiger partial charge >= 0.3 is 0 Å². The number of hydrogen-bond acceptors (Lipinski definition) is 7. The molecule has 4 aromatic rings. The average Bonchev–Trinajstić information content (AvgIpc) is 3.71. The number of nitrogens with zero attached hydrogens (tertiary/aromatic N) is 6.